The molecule has 1 aliphatic heterocycles. The smallest absolute Gasteiger partial charge is 0.182 e. The first kappa shape index (κ1) is 21.0. The molecule has 3 aromatic rings. The topological polar surface area (TPSA) is 86.4 Å². The van der Waals surface area contributed by atoms with Crippen LogP contribution in [0.5, 0.6) is 0 Å². The van der Waals surface area contributed by atoms with Crippen LogP contribution in [0.25, 0.3) is 0 Å². The van der Waals surface area contributed by atoms with Crippen LogP contribution in [-0.4, -0.2) is 48.8 Å². The highest BCUT2D eigenvalue weighted by Gasteiger charge is 2.45. The lowest BCUT2D eigenvalue weighted by molar-refractivity contribution is -0.169. The number of hydrogen-bond acceptors (Lipinski definition) is 6. The van der Waals surface area contributed by atoms with Crippen molar-refractivity contribution in [3.8, 4) is 0 Å². The van der Waals surface area contributed by atoms with E-state index in [-0.39, 0.29) is 36.6 Å². The van der Waals surface area contributed by atoms with Gasteiger partial charge in [0.05, 0.1) is 24.1 Å². The summed E-state index contributed by atoms with van der Waals surface area (Å²) >= 11 is 1.93. The number of hydrogen-bond donors (Lipinski definition) is 3. The molecule has 158 valence electrons. The van der Waals surface area contributed by atoms with Crippen LogP contribution in [0.2, 0.25) is 0 Å². The van der Waals surface area contributed by atoms with Gasteiger partial charge in [0.2, 0.25) is 0 Å². The molecule has 3 N–H and O–H groups in total. The van der Waals surface area contributed by atoms with Crippen molar-refractivity contribution in [3.05, 3.63) is 69.3 Å². The van der Waals surface area contributed by atoms with E-state index in [4.69, 9.17) is 0 Å². The molecular formula is C19H17F3IN5O2. The normalized spacial score (nSPS) is 16.9. The Bertz CT molecular complexity index is 1060. The third-order valence-corrected chi connectivity index (χ3v) is 5.54. The Labute approximate surface area is 183 Å². The summed E-state index contributed by atoms with van der Waals surface area (Å²) < 4.78 is 44.7. The first-order valence-corrected chi connectivity index (χ1v) is 10.0. The van der Waals surface area contributed by atoms with Crippen molar-refractivity contribution in [1.29, 1.82) is 0 Å². The van der Waals surface area contributed by atoms with E-state index in [9.17, 15) is 23.4 Å². The summed E-state index contributed by atoms with van der Waals surface area (Å²) in [5, 5.41) is 31.3. The molecule has 0 saturated carbocycles. The summed E-state index contributed by atoms with van der Waals surface area (Å²) in [7, 11) is 0. The highest BCUT2D eigenvalue weighted by molar-refractivity contribution is 14.1. The molecule has 0 aliphatic carbocycles. The van der Waals surface area contributed by atoms with E-state index in [1.54, 1.807) is 12.3 Å². The van der Waals surface area contributed by atoms with Crippen molar-refractivity contribution < 1.29 is 23.4 Å². The number of halogens is 4. The second-order valence-electron chi connectivity index (χ2n) is 7.18. The van der Waals surface area contributed by atoms with Crippen LogP contribution in [0, 0.1) is 21.0 Å². The minimum atomic E-state index is -1.34. The Morgan fingerprint density at radius 3 is 2.60 bits per heavy atom. The average Bonchev–Trinajstić information content (AvgIpc) is 3.17. The van der Waals surface area contributed by atoms with Crippen LogP contribution in [0.3, 0.4) is 0 Å². The predicted molar refractivity (Wildman–Crippen MR) is 110 cm³/mol. The van der Waals surface area contributed by atoms with Crippen molar-refractivity contribution in [2.45, 2.75) is 18.4 Å². The van der Waals surface area contributed by atoms with E-state index >= 15 is 0 Å². The second-order valence-corrected chi connectivity index (χ2v) is 8.42. The number of anilines is 2. The quantitative estimate of drug-likeness (QED) is 0.425. The van der Waals surface area contributed by atoms with Gasteiger partial charge in [-0.25, -0.2) is 17.9 Å². The molecule has 1 aliphatic rings. The molecule has 1 atom stereocenters. The third kappa shape index (κ3) is 4.15. The molecule has 2 aromatic carbocycles. The van der Waals surface area contributed by atoms with E-state index in [0.29, 0.717) is 3.57 Å². The summed E-state index contributed by atoms with van der Waals surface area (Å²) in [6, 6.07) is 6.38. The van der Waals surface area contributed by atoms with Crippen LogP contribution < -0.4 is 5.32 Å². The number of rotatable bonds is 6. The van der Waals surface area contributed by atoms with Gasteiger partial charge in [-0.3, -0.25) is 4.90 Å². The van der Waals surface area contributed by atoms with Crippen molar-refractivity contribution in [3.63, 3.8) is 0 Å². The van der Waals surface area contributed by atoms with Gasteiger partial charge in [0.25, 0.3) is 0 Å². The number of nitrogens with one attached hydrogen (secondary N) is 1. The van der Waals surface area contributed by atoms with Crippen molar-refractivity contribution >= 4 is 34.0 Å². The maximum absolute atomic E-state index is 14.5. The van der Waals surface area contributed by atoms with Gasteiger partial charge in [-0.1, -0.05) is 5.21 Å². The van der Waals surface area contributed by atoms with Gasteiger partial charge in [-0.2, -0.15) is 0 Å². The molecule has 1 unspecified atom stereocenters. The van der Waals surface area contributed by atoms with E-state index in [0.717, 1.165) is 6.07 Å². The number of likely N-dealkylation sites (tertiary alicyclic amines) is 1. The molecule has 11 heteroatoms. The van der Waals surface area contributed by atoms with E-state index < -0.39 is 29.3 Å². The van der Waals surface area contributed by atoms with Gasteiger partial charge in [0.1, 0.15) is 17.6 Å². The lowest BCUT2D eigenvalue weighted by atomic mass is 9.92. The maximum Gasteiger partial charge on any atom is 0.182 e. The molecular weight excluding hydrogens is 514 g/mol. The fourth-order valence-corrected chi connectivity index (χ4v) is 3.88. The number of aromatic nitrogens is 3. The SMILES string of the molecule is OC(c1ccc(F)c(F)c1Nc1ccc(I)cc1F)N1CC(O)(Cn2ccnn2)C1. The zero-order chi connectivity index (χ0) is 21.5. The van der Waals surface area contributed by atoms with E-state index in [1.165, 1.54) is 34.0 Å². The molecule has 0 amide bonds. The van der Waals surface area contributed by atoms with Crippen molar-refractivity contribution in [1.82, 2.24) is 19.9 Å². The summed E-state index contributed by atoms with van der Waals surface area (Å²) in [5.41, 5.74) is -1.55. The number of nitrogens with zero attached hydrogens (tertiary/aromatic N) is 4. The zero-order valence-corrected chi connectivity index (χ0v) is 17.6. The molecule has 4 rings (SSSR count). The summed E-state index contributed by atoms with van der Waals surface area (Å²) in [6.45, 7) is 0.321. The van der Waals surface area contributed by atoms with E-state index in [2.05, 4.69) is 15.6 Å². The Kier molecular flexibility index (Phi) is 5.70. The third-order valence-electron chi connectivity index (χ3n) is 4.86. The fourth-order valence-electron chi connectivity index (χ4n) is 3.43. The van der Waals surface area contributed by atoms with Gasteiger partial charge in [0, 0.05) is 28.4 Å². The second kappa shape index (κ2) is 8.13. The Hall–Kier alpha value is -2.22. The van der Waals surface area contributed by atoms with Crippen molar-refractivity contribution in [2.75, 3.05) is 18.4 Å². The molecule has 1 aromatic heterocycles. The van der Waals surface area contributed by atoms with Crippen LogP contribution in [0.4, 0.5) is 24.5 Å². The lowest BCUT2D eigenvalue weighted by Gasteiger charge is -2.48. The average molecular weight is 531 g/mol. The minimum absolute atomic E-state index is 0.0228. The van der Waals surface area contributed by atoms with Crippen LogP contribution in [-0.2, 0) is 6.54 Å². The number of aliphatic hydroxyl groups is 2. The van der Waals surface area contributed by atoms with Crippen LogP contribution >= 0.6 is 22.6 Å². The largest absolute Gasteiger partial charge is 0.385 e. The monoisotopic (exact) mass is 531 g/mol. The molecule has 30 heavy (non-hydrogen) atoms. The summed E-state index contributed by atoms with van der Waals surface area (Å²) in [4.78, 5) is 1.49. The van der Waals surface area contributed by atoms with Crippen molar-refractivity contribution in [2.24, 2.45) is 0 Å². The first-order chi connectivity index (χ1) is 14.3. The molecule has 2 heterocycles. The Morgan fingerprint density at radius 1 is 1.17 bits per heavy atom. The van der Waals surface area contributed by atoms with Gasteiger partial charge in [-0.15, -0.1) is 5.10 Å². The molecule has 1 saturated heterocycles. The fraction of sp³-hybridized carbons (Fsp3) is 0.263. The zero-order valence-electron chi connectivity index (χ0n) is 15.4. The summed E-state index contributed by atoms with van der Waals surface area (Å²) in [6.07, 6.45) is 1.74. The molecule has 0 bridgehead atoms. The maximum atomic E-state index is 14.5. The molecule has 7 nitrogen and oxygen atoms in total. The highest BCUT2D eigenvalue weighted by atomic mass is 127. The van der Waals surface area contributed by atoms with E-state index in [1.807, 2.05) is 22.6 Å². The summed E-state index contributed by atoms with van der Waals surface area (Å²) in [5.74, 6) is -3.01. The Balaban J connectivity index is 1.56. The van der Waals surface area contributed by atoms with Gasteiger partial charge in [0.15, 0.2) is 11.6 Å². The van der Waals surface area contributed by atoms with Crippen LogP contribution in [0.15, 0.2) is 42.7 Å². The highest BCUT2D eigenvalue weighted by Crippen LogP contribution is 2.37. The van der Waals surface area contributed by atoms with Gasteiger partial charge in [-0.05, 0) is 52.9 Å². The number of benzene rings is 2. The minimum Gasteiger partial charge on any atom is -0.385 e. The van der Waals surface area contributed by atoms with Gasteiger partial charge >= 0.3 is 0 Å². The standard InChI is InChI=1S/C19H17F3IN5O2/c20-13-3-2-12(17(16(13)22)25-15-4-1-11(23)7-14(15)21)18(29)27-8-19(30,9-27)10-28-6-5-24-26-28/h1-7,18,25,29-30H,8-10H2. The predicted octanol–water partition coefficient (Wildman–Crippen LogP) is 2.78. The Morgan fingerprint density at radius 2 is 1.93 bits per heavy atom. The number of β-amino-alcohol motifs (C(OH)–C–C–N with tert-alkyl or cyclic N) is 1. The lowest BCUT2D eigenvalue weighted by Crippen LogP contribution is -2.64. The first-order valence-electron chi connectivity index (χ1n) is 8.94. The number of aliphatic hydroxyl groups excluding tert-OH is 1. The van der Waals surface area contributed by atoms with Crippen LogP contribution in [0.1, 0.15) is 11.8 Å². The molecule has 0 spiro atoms. The molecule has 1 fully saturated rings. The van der Waals surface area contributed by atoms with Gasteiger partial charge < -0.3 is 15.5 Å². The molecule has 0 radical (unpaired) electrons.